The lowest BCUT2D eigenvalue weighted by atomic mass is 10.1. The van der Waals surface area contributed by atoms with E-state index in [1.807, 2.05) is 11.9 Å². The molecule has 1 rings (SSSR count). The molecule has 2 nitrogen and oxygen atoms in total. The van der Waals surface area contributed by atoms with Gasteiger partial charge in [0.1, 0.15) is 5.82 Å². The summed E-state index contributed by atoms with van der Waals surface area (Å²) < 4.78 is 13.0. The summed E-state index contributed by atoms with van der Waals surface area (Å²) in [7, 11) is 1.93. The highest BCUT2D eigenvalue weighted by Crippen LogP contribution is 2.22. The highest BCUT2D eigenvalue weighted by molar-refractivity contribution is 5.84. The first kappa shape index (κ1) is 12.7. The van der Waals surface area contributed by atoms with Crippen LogP contribution < -0.4 is 4.90 Å². The van der Waals surface area contributed by atoms with Gasteiger partial charge in [0.05, 0.1) is 0 Å². The summed E-state index contributed by atoms with van der Waals surface area (Å²) in [5, 5.41) is 0. The monoisotopic (exact) mass is 223 g/mol. The van der Waals surface area contributed by atoms with E-state index in [2.05, 4.69) is 13.8 Å². The number of aldehydes is 1. The Hall–Kier alpha value is -1.38. The second kappa shape index (κ2) is 5.64. The Morgan fingerprint density at radius 2 is 2.19 bits per heavy atom. The van der Waals surface area contributed by atoms with E-state index in [0.717, 1.165) is 18.5 Å². The molecule has 0 spiro atoms. The van der Waals surface area contributed by atoms with Gasteiger partial charge >= 0.3 is 0 Å². The molecule has 0 aliphatic rings. The Morgan fingerprint density at radius 1 is 1.50 bits per heavy atom. The molecule has 0 radical (unpaired) electrons. The van der Waals surface area contributed by atoms with E-state index in [4.69, 9.17) is 0 Å². The van der Waals surface area contributed by atoms with Gasteiger partial charge in [0.25, 0.3) is 0 Å². The van der Waals surface area contributed by atoms with Crippen molar-refractivity contribution in [1.29, 1.82) is 0 Å². The highest BCUT2D eigenvalue weighted by Gasteiger charge is 2.13. The third kappa shape index (κ3) is 2.81. The quantitative estimate of drug-likeness (QED) is 0.714. The molecule has 88 valence electrons. The molecule has 0 aliphatic heterocycles. The molecule has 1 aromatic rings. The van der Waals surface area contributed by atoms with Gasteiger partial charge in [-0.3, -0.25) is 4.79 Å². The fraction of sp³-hybridized carbons (Fsp3) is 0.462. The lowest BCUT2D eigenvalue weighted by Crippen LogP contribution is -2.29. The van der Waals surface area contributed by atoms with E-state index in [-0.39, 0.29) is 5.82 Å². The number of nitrogens with zero attached hydrogens (tertiary/aromatic N) is 1. The molecule has 1 unspecified atom stereocenters. The van der Waals surface area contributed by atoms with Crippen molar-refractivity contribution in [1.82, 2.24) is 0 Å². The molecule has 16 heavy (non-hydrogen) atoms. The Kier molecular flexibility index (Phi) is 4.47. The van der Waals surface area contributed by atoms with Gasteiger partial charge in [0.2, 0.25) is 0 Å². The minimum Gasteiger partial charge on any atom is -0.371 e. The largest absolute Gasteiger partial charge is 0.371 e. The van der Waals surface area contributed by atoms with E-state index in [1.54, 1.807) is 6.07 Å². The van der Waals surface area contributed by atoms with Crippen LogP contribution in [0.15, 0.2) is 18.2 Å². The summed E-state index contributed by atoms with van der Waals surface area (Å²) in [6.45, 7) is 4.22. The zero-order chi connectivity index (χ0) is 12.1. The van der Waals surface area contributed by atoms with Crippen molar-refractivity contribution in [3.63, 3.8) is 0 Å². The van der Waals surface area contributed by atoms with Crippen molar-refractivity contribution < 1.29 is 9.18 Å². The molecule has 0 aromatic heterocycles. The van der Waals surface area contributed by atoms with Gasteiger partial charge < -0.3 is 4.90 Å². The standard InChI is InChI=1S/C13H18FNO/c1-4-5-10(2)15(3)13-7-6-12(14)8-11(13)9-16/h6-10H,4-5H2,1-3H3. The summed E-state index contributed by atoms with van der Waals surface area (Å²) in [4.78, 5) is 12.9. The van der Waals surface area contributed by atoms with E-state index in [0.29, 0.717) is 17.9 Å². The summed E-state index contributed by atoms with van der Waals surface area (Å²) in [6.07, 6.45) is 2.84. The molecule has 0 amide bonds. The Bertz CT molecular complexity index is 365. The predicted octanol–water partition coefficient (Wildman–Crippen LogP) is 3.26. The van der Waals surface area contributed by atoms with Gasteiger partial charge in [0, 0.05) is 24.3 Å². The number of hydrogen-bond acceptors (Lipinski definition) is 2. The fourth-order valence-electron chi connectivity index (χ4n) is 1.79. The molecular weight excluding hydrogens is 205 g/mol. The Morgan fingerprint density at radius 3 is 2.75 bits per heavy atom. The van der Waals surface area contributed by atoms with Crippen molar-refractivity contribution in [2.24, 2.45) is 0 Å². The van der Waals surface area contributed by atoms with Crippen molar-refractivity contribution in [3.8, 4) is 0 Å². The van der Waals surface area contributed by atoms with Crippen molar-refractivity contribution in [2.45, 2.75) is 32.7 Å². The molecule has 0 N–H and O–H groups in total. The van der Waals surface area contributed by atoms with E-state index in [9.17, 15) is 9.18 Å². The van der Waals surface area contributed by atoms with Crippen molar-refractivity contribution >= 4 is 12.0 Å². The van der Waals surface area contributed by atoms with Crippen LogP contribution in [0.25, 0.3) is 0 Å². The molecule has 0 saturated heterocycles. The maximum atomic E-state index is 13.0. The molecule has 0 fully saturated rings. The average Bonchev–Trinajstić information content (AvgIpc) is 2.28. The molecule has 0 saturated carbocycles. The molecule has 0 heterocycles. The number of hydrogen-bond donors (Lipinski definition) is 0. The Balaban J connectivity index is 2.98. The third-order valence-corrected chi connectivity index (χ3v) is 2.86. The van der Waals surface area contributed by atoms with Crippen LogP contribution in [-0.4, -0.2) is 19.4 Å². The van der Waals surface area contributed by atoms with Crippen LogP contribution in [-0.2, 0) is 0 Å². The first-order valence-electron chi connectivity index (χ1n) is 5.57. The van der Waals surface area contributed by atoms with Crippen LogP contribution in [0, 0.1) is 5.82 Å². The van der Waals surface area contributed by atoms with Gasteiger partial charge in [0.15, 0.2) is 6.29 Å². The number of carbonyl (C=O) groups excluding carboxylic acids is 1. The van der Waals surface area contributed by atoms with Crippen molar-refractivity contribution in [3.05, 3.63) is 29.6 Å². The zero-order valence-electron chi connectivity index (χ0n) is 10.0. The fourth-order valence-corrected chi connectivity index (χ4v) is 1.79. The number of benzene rings is 1. The molecule has 3 heteroatoms. The topological polar surface area (TPSA) is 20.3 Å². The first-order chi connectivity index (χ1) is 7.60. The molecule has 0 aliphatic carbocycles. The molecule has 0 bridgehead atoms. The van der Waals surface area contributed by atoms with Gasteiger partial charge in [-0.15, -0.1) is 0 Å². The van der Waals surface area contributed by atoms with Crippen LogP contribution in [0.5, 0.6) is 0 Å². The van der Waals surface area contributed by atoms with Crippen molar-refractivity contribution in [2.75, 3.05) is 11.9 Å². The first-order valence-corrected chi connectivity index (χ1v) is 5.57. The van der Waals surface area contributed by atoms with Crippen LogP contribution in [0.1, 0.15) is 37.0 Å². The normalized spacial score (nSPS) is 12.2. The van der Waals surface area contributed by atoms with Crippen LogP contribution >= 0.6 is 0 Å². The number of anilines is 1. The Labute approximate surface area is 96.1 Å². The molecule has 1 atom stereocenters. The van der Waals surface area contributed by atoms with E-state index >= 15 is 0 Å². The SMILES string of the molecule is CCCC(C)N(C)c1ccc(F)cc1C=O. The minimum atomic E-state index is -0.373. The van der Waals surface area contributed by atoms with Gasteiger partial charge in [-0.05, 0) is 31.5 Å². The highest BCUT2D eigenvalue weighted by atomic mass is 19.1. The number of rotatable bonds is 5. The summed E-state index contributed by atoms with van der Waals surface area (Å²) in [6, 6.07) is 4.66. The second-order valence-electron chi connectivity index (χ2n) is 4.07. The van der Waals surface area contributed by atoms with Gasteiger partial charge in [-0.25, -0.2) is 4.39 Å². The average molecular weight is 223 g/mol. The van der Waals surface area contributed by atoms with Gasteiger partial charge in [-0.1, -0.05) is 13.3 Å². The minimum absolute atomic E-state index is 0.342. The van der Waals surface area contributed by atoms with Crippen LogP contribution in [0.2, 0.25) is 0 Å². The summed E-state index contributed by atoms with van der Waals surface area (Å²) in [5.41, 5.74) is 1.20. The predicted molar refractivity (Wildman–Crippen MR) is 64.6 cm³/mol. The van der Waals surface area contributed by atoms with Gasteiger partial charge in [-0.2, -0.15) is 0 Å². The second-order valence-corrected chi connectivity index (χ2v) is 4.07. The number of carbonyl (C=O) groups is 1. The lowest BCUT2D eigenvalue weighted by molar-refractivity contribution is 0.112. The third-order valence-electron chi connectivity index (χ3n) is 2.86. The van der Waals surface area contributed by atoms with E-state index < -0.39 is 0 Å². The number of halogens is 1. The molecular formula is C13H18FNO. The maximum Gasteiger partial charge on any atom is 0.152 e. The summed E-state index contributed by atoms with van der Waals surface area (Å²) >= 11 is 0. The smallest absolute Gasteiger partial charge is 0.152 e. The van der Waals surface area contributed by atoms with Crippen LogP contribution in [0.3, 0.4) is 0 Å². The lowest BCUT2D eigenvalue weighted by Gasteiger charge is -2.27. The molecule has 1 aromatic carbocycles. The van der Waals surface area contributed by atoms with Crippen LogP contribution in [0.4, 0.5) is 10.1 Å². The maximum absolute atomic E-state index is 13.0. The summed E-state index contributed by atoms with van der Waals surface area (Å²) in [5.74, 6) is -0.373. The van der Waals surface area contributed by atoms with E-state index in [1.165, 1.54) is 12.1 Å². The zero-order valence-corrected chi connectivity index (χ0v) is 10.0.